The van der Waals surface area contributed by atoms with Gasteiger partial charge < -0.3 is 18.9 Å². The van der Waals surface area contributed by atoms with E-state index in [2.05, 4.69) is 61.5 Å². The minimum atomic E-state index is 0.282. The summed E-state index contributed by atoms with van der Waals surface area (Å²) in [5, 5.41) is 0. The van der Waals surface area contributed by atoms with Crippen LogP contribution >= 0.6 is 0 Å². The van der Waals surface area contributed by atoms with Crippen molar-refractivity contribution >= 4 is 11.1 Å². The van der Waals surface area contributed by atoms with Crippen LogP contribution in [0.25, 0.3) is 11.1 Å². The van der Waals surface area contributed by atoms with Crippen LogP contribution in [0.5, 0.6) is 11.5 Å². The average Bonchev–Trinajstić information content (AvgIpc) is 3.82. The summed E-state index contributed by atoms with van der Waals surface area (Å²) in [7, 11) is 0. The first-order chi connectivity index (χ1) is 17.3. The van der Waals surface area contributed by atoms with Crippen molar-refractivity contribution in [3.63, 3.8) is 0 Å². The predicted molar refractivity (Wildman–Crippen MR) is 141 cm³/mol. The highest BCUT2D eigenvalue weighted by atomic mass is 16.6. The molecule has 0 aromatic heterocycles. The fourth-order valence-corrected chi connectivity index (χ4v) is 4.60. The van der Waals surface area contributed by atoms with Gasteiger partial charge in [-0.05, 0) is 77.8 Å². The Morgan fingerprint density at radius 1 is 0.743 bits per heavy atom. The Balaban J connectivity index is 1.20. The lowest BCUT2D eigenvalue weighted by atomic mass is 9.89. The van der Waals surface area contributed by atoms with E-state index in [4.69, 9.17) is 18.9 Å². The van der Waals surface area contributed by atoms with E-state index in [0.29, 0.717) is 13.2 Å². The first-order valence-corrected chi connectivity index (χ1v) is 13.4. The topological polar surface area (TPSA) is 43.5 Å². The second kappa shape index (κ2) is 11.9. The quantitative estimate of drug-likeness (QED) is 0.218. The molecule has 2 fully saturated rings. The highest BCUT2D eigenvalue weighted by Gasteiger charge is 2.24. The maximum absolute atomic E-state index is 6.13. The molecule has 1 aliphatic carbocycles. The third kappa shape index (κ3) is 7.22. The van der Waals surface area contributed by atoms with Crippen molar-refractivity contribution in [2.24, 2.45) is 0 Å². The molecule has 4 heteroatoms. The molecule has 2 heterocycles. The lowest BCUT2D eigenvalue weighted by Crippen LogP contribution is -2.06. The zero-order valence-corrected chi connectivity index (χ0v) is 21.0. The van der Waals surface area contributed by atoms with Gasteiger partial charge in [0, 0.05) is 0 Å². The van der Waals surface area contributed by atoms with Crippen molar-refractivity contribution in [2.45, 2.75) is 70.5 Å². The van der Waals surface area contributed by atoms with Gasteiger partial charge in [-0.2, -0.15) is 0 Å². The highest BCUT2D eigenvalue weighted by molar-refractivity contribution is 5.78. The minimum absolute atomic E-state index is 0.282. The molecule has 0 saturated carbocycles. The van der Waals surface area contributed by atoms with E-state index in [9.17, 15) is 0 Å². The molecular weight excluding hydrogens is 436 g/mol. The molecule has 35 heavy (non-hydrogen) atoms. The molecule has 186 valence electrons. The van der Waals surface area contributed by atoms with Gasteiger partial charge in [-0.1, -0.05) is 63.0 Å². The van der Waals surface area contributed by atoms with Crippen LogP contribution in [-0.2, 0) is 15.9 Å². The van der Waals surface area contributed by atoms with Gasteiger partial charge in [0.05, 0.1) is 13.2 Å². The summed E-state index contributed by atoms with van der Waals surface area (Å²) in [6, 6.07) is 15.2. The molecule has 0 spiro atoms. The number of rotatable bonds is 14. The third-order valence-corrected chi connectivity index (χ3v) is 7.01. The molecule has 2 unspecified atom stereocenters. The Bertz CT molecular complexity index is 1030. The number of aryl methyl sites for hydroxylation is 1. The second-order valence-electron chi connectivity index (χ2n) is 9.91. The van der Waals surface area contributed by atoms with Gasteiger partial charge in [0.2, 0.25) is 0 Å². The number of unbranched alkanes of at least 4 members (excludes halogenated alkanes) is 4. The Morgan fingerprint density at radius 3 is 2.03 bits per heavy atom. The Morgan fingerprint density at radius 2 is 1.37 bits per heavy atom. The van der Waals surface area contributed by atoms with Crippen LogP contribution in [0.2, 0.25) is 0 Å². The maximum atomic E-state index is 6.13. The monoisotopic (exact) mass is 474 g/mol. The van der Waals surface area contributed by atoms with E-state index >= 15 is 0 Å². The molecule has 0 bridgehead atoms. The molecule has 0 radical (unpaired) electrons. The SMILES string of the molecule is CCCCCCCc1cc(C2=CCC(c3ccc(OCC4CO4)cc3)=CC2)ccc1OCC1CO1. The molecule has 0 amide bonds. The maximum Gasteiger partial charge on any atom is 0.122 e. The molecule has 5 rings (SSSR count). The van der Waals surface area contributed by atoms with Crippen LogP contribution < -0.4 is 9.47 Å². The van der Waals surface area contributed by atoms with Crippen LogP contribution in [0.1, 0.15) is 68.6 Å². The van der Waals surface area contributed by atoms with Crippen molar-refractivity contribution < 1.29 is 18.9 Å². The Kier molecular flexibility index (Phi) is 8.22. The van der Waals surface area contributed by atoms with Crippen molar-refractivity contribution in [3.05, 3.63) is 71.3 Å². The Hall–Kier alpha value is -2.56. The standard InChI is InChI=1S/C31H38O4/c1-2-3-4-5-6-7-27-18-26(14-17-31(27)35-22-30-21-34-30)25-10-8-23(9-11-25)24-12-15-28(16-13-24)32-19-29-20-33-29/h8,11-18,29-30H,2-7,9-10,19-22H2,1H3. The van der Waals surface area contributed by atoms with Crippen molar-refractivity contribution in [1.29, 1.82) is 0 Å². The lowest BCUT2D eigenvalue weighted by molar-refractivity contribution is 0.261. The van der Waals surface area contributed by atoms with Gasteiger partial charge in [0.15, 0.2) is 0 Å². The van der Waals surface area contributed by atoms with E-state index in [1.54, 1.807) is 0 Å². The normalized spacial score (nSPS) is 20.7. The summed E-state index contributed by atoms with van der Waals surface area (Å²) in [5.74, 6) is 1.94. The van der Waals surface area contributed by atoms with Gasteiger partial charge in [-0.15, -0.1) is 0 Å². The zero-order valence-electron chi connectivity index (χ0n) is 21.0. The van der Waals surface area contributed by atoms with Crippen LogP contribution in [0, 0.1) is 0 Å². The summed E-state index contributed by atoms with van der Waals surface area (Å²) in [6.07, 6.45) is 14.8. The number of allylic oxidation sites excluding steroid dienone is 4. The van der Waals surface area contributed by atoms with E-state index < -0.39 is 0 Å². The number of epoxide rings is 2. The zero-order chi connectivity index (χ0) is 23.9. The number of benzene rings is 2. The summed E-state index contributed by atoms with van der Waals surface area (Å²) in [4.78, 5) is 0. The van der Waals surface area contributed by atoms with E-state index in [1.165, 1.54) is 59.9 Å². The lowest BCUT2D eigenvalue weighted by Gasteiger charge is -2.18. The molecule has 2 aromatic carbocycles. The number of ether oxygens (including phenoxy) is 4. The molecule has 2 aliphatic heterocycles. The predicted octanol–water partition coefficient (Wildman–Crippen LogP) is 7.02. The van der Waals surface area contributed by atoms with Gasteiger partial charge in [0.25, 0.3) is 0 Å². The van der Waals surface area contributed by atoms with Gasteiger partial charge in [0.1, 0.15) is 36.9 Å². The molecular formula is C31H38O4. The van der Waals surface area contributed by atoms with Gasteiger partial charge in [-0.3, -0.25) is 0 Å². The van der Waals surface area contributed by atoms with E-state index in [1.807, 2.05) is 0 Å². The largest absolute Gasteiger partial charge is 0.491 e. The third-order valence-electron chi connectivity index (χ3n) is 7.01. The van der Waals surface area contributed by atoms with E-state index in [-0.39, 0.29) is 12.2 Å². The van der Waals surface area contributed by atoms with Gasteiger partial charge >= 0.3 is 0 Å². The second-order valence-corrected chi connectivity index (χ2v) is 9.91. The Labute approximate surface area is 209 Å². The smallest absolute Gasteiger partial charge is 0.122 e. The van der Waals surface area contributed by atoms with Crippen LogP contribution in [0.15, 0.2) is 54.6 Å². The summed E-state index contributed by atoms with van der Waals surface area (Å²) in [6.45, 7) is 5.23. The van der Waals surface area contributed by atoms with Crippen molar-refractivity contribution in [2.75, 3.05) is 26.4 Å². The van der Waals surface area contributed by atoms with E-state index in [0.717, 1.165) is 44.0 Å². The minimum Gasteiger partial charge on any atom is -0.491 e. The average molecular weight is 475 g/mol. The summed E-state index contributed by atoms with van der Waals surface area (Å²) < 4.78 is 22.5. The molecule has 2 atom stereocenters. The molecule has 0 N–H and O–H groups in total. The highest BCUT2D eigenvalue weighted by Crippen LogP contribution is 2.34. The summed E-state index contributed by atoms with van der Waals surface area (Å²) >= 11 is 0. The van der Waals surface area contributed by atoms with Crippen LogP contribution in [0.3, 0.4) is 0 Å². The fraction of sp³-hybridized carbons (Fsp3) is 0.484. The number of hydrogen-bond acceptors (Lipinski definition) is 4. The van der Waals surface area contributed by atoms with Crippen molar-refractivity contribution in [1.82, 2.24) is 0 Å². The molecule has 3 aliphatic rings. The van der Waals surface area contributed by atoms with Crippen LogP contribution in [0.4, 0.5) is 0 Å². The van der Waals surface area contributed by atoms with Crippen LogP contribution in [-0.4, -0.2) is 38.6 Å². The van der Waals surface area contributed by atoms with Crippen molar-refractivity contribution in [3.8, 4) is 11.5 Å². The molecule has 2 saturated heterocycles. The fourth-order valence-electron chi connectivity index (χ4n) is 4.60. The molecule has 2 aromatic rings. The van der Waals surface area contributed by atoms with Gasteiger partial charge in [-0.25, -0.2) is 0 Å². The first-order valence-electron chi connectivity index (χ1n) is 13.4. The summed E-state index contributed by atoms with van der Waals surface area (Å²) in [5.41, 5.74) is 6.72. The number of hydrogen-bond donors (Lipinski definition) is 0. The first kappa shape index (κ1) is 24.1. The molecule has 4 nitrogen and oxygen atoms in total.